The summed E-state index contributed by atoms with van der Waals surface area (Å²) in [5.74, 6) is -0.527. The van der Waals surface area contributed by atoms with E-state index in [0.717, 1.165) is 23.4 Å². The number of nitrogens with zero attached hydrogens (tertiary/aromatic N) is 4. The summed E-state index contributed by atoms with van der Waals surface area (Å²) in [6.07, 6.45) is 0.856. The van der Waals surface area contributed by atoms with E-state index in [1.54, 1.807) is 5.38 Å². The van der Waals surface area contributed by atoms with E-state index >= 15 is 0 Å². The molecule has 0 saturated heterocycles. The summed E-state index contributed by atoms with van der Waals surface area (Å²) in [5.41, 5.74) is 6.52. The van der Waals surface area contributed by atoms with Gasteiger partial charge in [0.25, 0.3) is 5.69 Å². The highest BCUT2D eigenvalue weighted by Gasteiger charge is 2.24. The molecule has 3 rings (SSSR count). The second-order valence-corrected chi connectivity index (χ2v) is 6.16. The number of hydrogen-bond donors (Lipinski definition) is 1. The standard InChI is InChI=1S/C16H17N5O2S/c1-4-11(3)18-19-16-17-13(9-24-16)14-15(22)23-20-21(14)12-7-5-10(2)6-8-12/h5-9H,4H2,1-3H3,(H-,17,19,20,22)/b18-11+. The zero-order chi connectivity index (χ0) is 17.1. The Kier molecular flexibility index (Phi) is 4.57. The predicted octanol–water partition coefficient (Wildman–Crippen LogP) is 2.65. The lowest BCUT2D eigenvalue weighted by Gasteiger charge is -1.97. The molecule has 0 aliphatic rings. The second-order valence-electron chi connectivity index (χ2n) is 5.31. The highest BCUT2D eigenvalue weighted by molar-refractivity contribution is 7.14. The van der Waals surface area contributed by atoms with Gasteiger partial charge in [0.2, 0.25) is 10.8 Å². The molecule has 0 bridgehead atoms. The Morgan fingerprint density at radius 3 is 2.83 bits per heavy atom. The summed E-state index contributed by atoms with van der Waals surface area (Å²) in [5, 5.41) is 22.5. The summed E-state index contributed by atoms with van der Waals surface area (Å²) in [4.78, 5) is 4.40. The minimum absolute atomic E-state index is 0.291. The Labute approximate surface area is 143 Å². The smallest absolute Gasteiger partial charge is 0.289 e. The summed E-state index contributed by atoms with van der Waals surface area (Å²) in [7, 11) is 0. The lowest BCUT2D eigenvalue weighted by Crippen LogP contribution is -2.34. The lowest BCUT2D eigenvalue weighted by atomic mass is 10.2. The van der Waals surface area contributed by atoms with Crippen molar-refractivity contribution in [3.8, 4) is 23.0 Å². The van der Waals surface area contributed by atoms with E-state index in [0.29, 0.717) is 16.5 Å². The van der Waals surface area contributed by atoms with Crippen molar-refractivity contribution in [3.63, 3.8) is 0 Å². The van der Waals surface area contributed by atoms with Crippen molar-refractivity contribution in [2.45, 2.75) is 27.2 Å². The Morgan fingerprint density at radius 1 is 1.38 bits per heavy atom. The van der Waals surface area contributed by atoms with E-state index in [2.05, 4.69) is 20.8 Å². The monoisotopic (exact) mass is 343 g/mol. The van der Waals surface area contributed by atoms with Gasteiger partial charge >= 0.3 is 0 Å². The molecule has 0 spiro atoms. The highest BCUT2D eigenvalue weighted by Crippen LogP contribution is 2.28. The number of aromatic nitrogens is 3. The van der Waals surface area contributed by atoms with E-state index < -0.39 is 5.95 Å². The van der Waals surface area contributed by atoms with E-state index in [1.165, 1.54) is 16.0 Å². The van der Waals surface area contributed by atoms with Crippen molar-refractivity contribution in [2.75, 3.05) is 5.43 Å². The van der Waals surface area contributed by atoms with E-state index in [1.807, 2.05) is 45.0 Å². The summed E-state index contributed by atoms with van der Waals surface area (Å²) >= 11 is 1.36. The van der Waals surface area contributed by atoms with Crippen LogP contribution in [0, 0.1) is 6.92 Å². The number of hydrazone groups is 1. The van der Waals surface area contributed by atoms with Crippen LogP contribution < -0.4 is 15.2 Å². The van der Waals surface area contributed by atoms with Crippen LogP contribution in [-0.2, 0) is 0 Å². The number of nitrogens with one attached hydrogen (secondary N) is 1. The number of rotatable bonds is 5. The summed E-state index contributed by atoms with van der Waals surface area (Å²) < 4.78 is 6.29. The fraction of sp³-hybridized carbons (Fsp3) is 0.250. The average molecular weight is 343 g/mol. The molecule has 2 heterocycles. The quantitative estimate of drug-likeness (QED) is 0.437. The molecule has 3 aromatic rings. The number of hydrogen-bond acceptors (Lipinski definition) is 7. The summed E-state index contributed by atoms with van der Waals surface area (Å²) in [6.45, 7) is 5.95. The van der Waals surface area contributed by atoms with Gasteiger partial charge in [-0.2, -0.15) is 5.10 Å². The minimum Gasteiger partial charge on any atom is -0.539 e. The molecule has 0 aliphatic heterocycles. The molecule has 0 unspecified atom stereocenters. The van der Waals surface area contributed by atoms with Crippen LogP contribution in [-0.4, -0.2) is 16.0 Å². The molecule has 8 heteroatoms. The van der Waals surface area contributed by atoms with Crippen molar-refractivity contribution in [2.24, 2.45) is 5.10 Å². The molecule has 0 saturated carbocycles. The van der Waals surface area contributed by atoms with Gasteiger partial charge in [-0.1, -0.05) is 24.6 Å². The van der Waals surface area contributed by atoms with Gasteiger partial charge in [-0.25, -0.2) is 4.98 Å². The average Bonchev–Trinajstić information content (AvgIpc) is 3.19. The van der Waals surface area contributed by atoms with Crippen LogP contribution in [0.4, 0.5) is 5.13 Å². The van der Waals surface area contributed by atoms with Crippen molar-refractivity contribution < 1.29 is 14.3 Å². The van der Waals surface area contributed by atoms with Crippen molar-refractivity contribution in [1.82, 2.24) is 10.3 Å². The number of aryl methyl sites for hydroxylation is 1. The fourth-order valence-electron chi connectivity index (χ4n) is 1.98. The molecule has 0 amide bonds. The van der Waals surface area contributed by atoms with Gasteiger partial charge in [-0.3, -0.25) is 5.43 Å². The first-order chi connectivity index (χ1) is 11.6. The molecule has 0 atom stereocenters. The highest BCUT2D eigenvalue weighted by atomic mass is 32.1. The fourth-order valence-corrected chi connectivity index (χ4v) is 2.62. The van der Waals surface area contributed by atoms with Crippen molar-refractivity contribution >= 4 is 22.2 Å². The van der Waals surface area contributed by atoms with Crippen molar-refractivity contribution in [1.29, 1.82) is 0 Å². The molecule has 0 aliphatic carbocycles. The van der Waals surface area contributed by atoms with Crippen LogP contribution in [0.25, 0.3) is 17.1 Å². The maximum atomic E-state index is 12.1. The Morgan fingerprint density at radius 2 is 2.12 bits per heavy atom. The maximum Gasteiger partial charge on any atom is 0.289 e. The topological polar surface area (TPSA) is 90.2 Å². The Balaban J connectivity index is 1.94. The van der Waals surface area contributed by atoms with E-state index in [4.69, 9.17) is 4.52 Å². The molecule has 0 fully saturated rings. The second kappa shape index (κ2) is 6.79. The van der Waals surface area contributed by atoms with Gasteiger partial charge in [0.15, 0.2) is 11.6 Å². The molecule has 0 radical (unpaired) electrons. The number of anilines is 1. The zero-order valence-electron chi connectivity index (χ0n) is 13.6. The molecule has 124 valence electrons. The first-order valence-corrected chi connectivity index (χ1v) is 8.37. The van der Waals surface area contributed by atoms with Crippen LogP contribution in [0.3, 0.4) is 0 Å². The largest absolute Gasteiger partial charge is 0.539 e. The zero-order valence-corrected chi connectivity index (χ0v) is 14.4. The minimum atomic E-state index is -0.527. The van der Waals surface area contributed by atoms with Crippen LogP contribution in [0.15, 0.2) is 39.3 Å². The van der Waals surface area contributed by atoms with E-state index in [9.17, 15) is 5.11 Å². The third-order valence-electron chi connectivity index (χ3n) is 3.49. The van der Waals surface area contributed by atoms with Crippen LogP contribution in [0.2, 0.25) is 0 Å². The predicted molar refractivity (Wildman–Crippen MR) is 90.3 cm³/mol. The van der Waals surface area contributed by atoms with Gasteiger partial charge in [0, 0.05) is 23.2 Å². The van der Waals surface area contributed by atoms with Gasteiger partial charge in [0.05, 0.1) is 5.27 Å². The van der Waals surface area contributed by atoms with Gasteiger partial charge in [0.1, 0.15) is 0 Å². The first kappa shape index (κ1) is 16.1. The Bertz CT molecular complexity index is 867. The molecule has 24 heavy (non-hydrogen) atoms. The molecular formula is C16H17N5O2S. The molecule has 1 N–H and O–H groups in total. The molecule has 2 aromatic heterocycles. The van der Waals surface area contributed by atoms with Gasteiger partial charge in [-0.05, 0) is 25.0 Å². The van der Waals surface area contributed by atoms with Crippen LogP contribution in [0.5, 0.6) is 5.95 Å². The Hall–Kier alpha value is -2.74. The lowest BCUT2D eigenvalue weighted by molar-refractivity contribution is -0.660. The van der Waals surface area contributed by atoms with Gasteiger partial charge in [-0.15, -0.1) is 11.3 Å². The van der Waals surface area contributed by atoms with Crippen LogP contribution >= 0.6 is 11.3 Å². The third kappa shape index (κ3) is 3.28. The summed E-state index contributed by atoms with van der Waals surface area (Å²) in [6, 6.07) is 7.64. The molecular weight excluding hydrogens is 326 g/mol. The maximum absolute atomic E-state index is 12.1. The van der Waals surface area contributed by atoms with Gasteiger partial charge < -0.3 is 9.63 Å². The first-order valence-electron chi connectivity index (χ1n) is 7.49. The molecule has 1 aromatic carbocycles. The number of benzene rings is 1. The molecule has 7 nitrogen and oxygen atoms in total. The van der Waals surface area contributed by atoms with Crippen molar-refractivity contribution in [3.05, 3.63) is 35.2 Å². The number of thiazole rings is 1. The SMILES string of the molecule is CC/C(C)=N/Nc1nc(-c2c([O-])on[n+]2-c2ccc(C)cc2)cs1. The van der Waals surface area contributed by atoms with E-state index in [-0.39, 0.29) is 0 Å². The third-order valence-corrected chi connectivity index (χ3v) is 4.24. The van der Waals surface area contributed by atoms with Crippen LogP contribution in [0.1, 0.15) is 25.8 Å². The normalized spacial score (nSPS) is 11.7.